The van der Waals surface area contributed by atoms with Gasteiger partial charge in [0.25, 0.3) is 0 Å². The molecular formula is C3H16Si. The third kappa shape index (κ3) is 69.8. The molecule has 0 amide bonds. The summed E-state index contributed by atoms with van der Waals surface area (Å²) in [4.78, 5) is 0. The highest BCUT2D eigenvalue weighted by Gasteiger charge is -0.0148. The Hall–Kier alpha value is 0.217. The minimum Gasteiger partial charge on any atom is -0.0776 e. The van der Waals surface area contributed by atoms with Gasteiger partial charge in [-0.3, -0.25) is 0 Å². The highest BCUT2D eigenvalue weighted by atomic mass is 28.1. The molecule has 0 aromatic carbocycles. The first-order valence-corrected chi connectivity index (χ1v) is 0. The average molecular weight is 80.2 g/mol. The second-order valence-corrected chi connectivity index (χ2v) is 0. The summed E-state index contributed by atoms with van der Waals surface area (Å²) >= 11 is 0. The van der Waals surface area contributed by atoms with Gasteiger partial charge in [0.15, 0.2) is 0 Å². The molecule has 0 radical (unpaired) electrons. The van der Waals surface area contributed by atoms with E-state index < -0.39 is 0 Å². The molecule has 0 rings (SSSR count). The first-order chi connectivity index (χ1) is 0. The fourth-order valence-corrected chi connectivity index (χ4v) is 0. The molecule has 32 valence electrons. The third-order valence-electron chi connectivity index (χ3n) is 0. The van der Waals surface area contributed by atoms with Crippen LogP contribution in [0.4, 0.5) is 0 Å². The fourth-order valence-electron chi connectivity index (χ4n) is 0. The standard InChI is InChI=1S/3CH4.H4Si/h4*1H4. The van der Waals surface area contributed by atoms with Crippen LogP contribution in [0.25, 0.3) is 0 Å². The topological polar surface area (TPSA) is 0 Å². The van der Waals surface area contributed by atoms with Crippen molar-refractivity contribution >= 4 is 11.0 Å². The third-order valence-corrected chi connectivity index (χ3v) is 0. The van der Waals surface area contributed by atoms with Gasteiger partial charge in [0.05, 0.1) is 0 Å². The van der Waals surface area contributed by atoms with Crippen molar-refractivity contribution in [2.75, 3.05) is 0 Å². The van der Waals surface area contributed by atoms with E-state index in [-0.39, 0.29) is 33.2 Å². The Morgan fingerprint density at radius 3 is 0.500 bits per heavy atom. The highest BCUT2D eigenvalue weighted by Crippen LogP contribution is 0.146. The quantitative estimate of drug-likeness (QED) is 0.371. The summed E-state index contributed by atoms with van der Waals surface area (Å²) in [6.45, 7) is 0. The van der Waals surface area contributed by atoms with E-state index in [9.17, 15) is 0 Å². The Morgan fingerprint density at radius 1 is 0.500 bits per heavy atom. The van der Waals surface area contributed by atoms with Crippen molar-refractivity contribution in [1.82, 2.24) is 0 Å². The minimum atomic E-state index is 0. The van der Waals surface area contributed by atoms with Crippen LogP contribution in [0.5, 0.6) is 0 Å². The van der Waals surface area contributed by atoms with Gasteiger partial charge in [-0.2, -0.15) is 0 Å². The van der Waals surface area contributed by atoms with E-state index in [0.717, 1.165) is 0 Å². The van der Waals surface area contributed by atoms with Gasteiger partial charge in [-0.25, -0.2) is 0 Å². The first kappa shape index (κ1) is 928. The monoisotopic (exact) mass is 80.1 g/mol. The van der Waals surface area contributed by atoms with Crippen LogP contribution in [-0.4, -0.2) is 11.0 Å². The molecule has 0 heterocycles. The molecule has 0 aliphatic heterocycles. The van der Waals surface area contributed by atoms with Gasteiger partial charge in [-0.15, -0.1) is 0 Å². The largest absolute Gasteiger partial charge is 0.0776 e. The molecule has 0 aliphatic carbocycles. The predicted octanol–water partition coefficient (Wildman–Crippen LogP) is 0.457. The molecule has 0 aliphatic rings. The predicted molar refractivity (Wildman–Crippen MR) is 31.5 cm³/mol. The molecule has 0 atom stereocenters. The van der Waals surface area contributed by atoms with Gasteiger partial charge in [-0.1, -0.05) is 22.3 Å². The molecule has 0 spiro atoms. The van der Waals surface area contributed by atoms with Gasteiger partial charge < -0.3 is 0 Å². The molecule has 0 unspecified atom stereocenters. The lowest BCUT2D eigenvalue weighted by molar-refractivity contribution is 2.50. The van der Waals surface area contributed by atoms with Crippen LogP contribution in [0.3, 0.4) is 0 Å². The van der Waals surface area contributed by atoms with Crippen LogP contribution < -0.4 is 0 Å². The van der Waals surface area contributed by atoms with Gasteiger partial charge in [-0.05, 0) is 11.0 Å². The molecule has 0 aromatic heterocycles. The Balaban J connectivity index is 0. The summed E-state index contributed by atoms with van der Waals surface area (Å²) in [7, 11) is 0. The molecule has 0 saturated heterocycles. The fraction of sp³-hybridized carbons (Fsp3) is 1.00. The molecular weight excluding hydrogens is 64.1 g/mol. The van der Waals surface area contributed by atoms with Crippen molar-refractivity contribution < 1.29 is 0 Å². The zero-order valence-corrected chi connectivity index (χ0v) is 0. The van der Waals surface area contributed by atoms with Crippen LogP contribution >= 0.6 is 0 Å². The second-order valence-electron chi connectivity index (χ2n) is 0. The molecule has 0 N–H and O–H groups in total. The SMILES string of the molecule is C.C.C.[SiH4]. The van der Waals surface area contributed by atoms with Crippen molar-refractivity contribution in [1.29, 1.82) is 0 Å². The van der Waals surface area contributed by atoms with Crippen molar-refractivity contribution in [2.24, 2.45) is 0 Å². The number of hydrogen-bond acceptors (Lipinski definition) is 0. The van der Waals surface area contributed by atoms with Gasteiger partial charge in [0.1, 0.15) is 0 Å². The lowest BCUT2D eigenvalue weighted by Gasteiger charge is -0.0786. The zero-order chi connectivity index (χ0) is 0. The molecule has 0 aromatic rings. The van der Waals surface area contributed by atoms with E-state index >= 15 is 0 Å². The Bertz CT molecular complexity index is 3.25. The minimum absolute atomic E-state index is 0. The summed E-state index contributed by atoms with van der Waals surface area (Å²) < 4.78 is 0. The molecule has 1 heteroatoms. The van der Waals surface area contributed by atoms with Crippen molar-refractivity contribution in [3.63, 3.8) is 0 Å². The van der Waals surface area contributed by atoms with E-state index in [1.165, 1.54) is 0 Å². The molecule has 0 fully saturated rings. The van der Waals surface area contributed by atoms with Crippen LogP contribution in [0, 0.1) is 0 Å². The Labute approximate surface area is 34.3 Å². The maximum absolute atomic E-state index is 0. The summed E-state index contributed by atoms with van der Waals surface area (Å²) in [6.07, 6.45) is 0. The summed E-state index contributed by atoms with van der Waals surface area (Å²) in [5.41, 5.74) is 0. The average Bonchev–Trinajstić information content (AvgIpc) is 0. The zero-order valence-electron chi connectivity index (χ0n) is 0. The van der Waals surface area contributed by atoms with E-state index in [1.807, 2.05) is 0 Å². The maximum Gasteiger partial charge on any atom is -0.0149 e. The molecule has 4 heavy (non-hydrogen) atoms. The van der Waals surface area contributed by atoms with Gasteiger partial charge in [0, 0.05) is 0 Å². The van der Waals surface area contributed by atoms with Crippen molar-refractivity contribution in [3.05, 3.63) is 0 Å². The highest BCUT2D eigenvalue weighted by molar-refractivity contribution is 5.75. The maximum atomic E-state index is 0. The van der Waals surface area contributed by atoms with Gasteiger partial charge >= 0.3 is 0 Å². The lowest BCUT2D eigenvalue weighted by Crippen LogP contribution is -0.381. The van der Waals surface area contributed by atoms with E-state index in [1.54, 1.807) is 0 Å². The summed E-state index contributed by atoms with van der Waals surface area (Å²) in [6, 6.07) is 0. The van der Waals surface area contributed by atoms with Gasteiger partial charge in [0.2, 0.25) is 0 Å². The Morgan fingerprint density at radius 2 is 0.500 bits per heavy atom. The summed E-state index contributed by atoms with van der Waals surface area (Å²) in [5, 5.41) is 0. The van der Waals surface area contributed by atoms with Crippen LogP contribution in [0.1, 0.15) is 22.3 Å². The number of hydrogen-bond donors (Lipinski definition) is 0. The number of rotatable bonds is 0. The van der Waals surface area contributed by atoms with Crippen LogP contribution in [0.2, 0.25) is 0 Å². The van der Waals surface area contributed by atoms with Crippen molar-refractivity contribution in [2.45, 2.75) is 22.3 Å². The molecule has 0 nitrogen and oxygen atoms in total. The van der Waals surface area contributed by atoms with Crippen LogP contribution in [-0.2, 0) is 0 Å². The van der Waals surface area contributed by atoms with E-state index in [2.05, 4.69) is 0 Å². The molecule has 0 bridgehead atoms. The van der Waals surface area contributed by atoms with Crippen molar-refractivity contribution in [3.8, 4) is 0 Å². The summed E-state index contributed by atoms with van der Waals surface area (Å²) in [5.74, 6) is 0. The Kier molecular flexibility index (Phi) is 78000. The molecule has 0 saturated carbocycles. The second kappa shape index (κ2) is 336. The lowest BCUT2D eigenvalue weighted by atomic mass is 12.0. The normalized spacial score (nSPS) is 0. The van der Waals surface area contributed by atoms with E-state index in [4.69, 9.17) is 0 Å². The first-order valence-electron chi connectivity index (χ1n) is 0. The van der Waals surface area contributed by atoms with E-state index in [0.29, 0.717) is 0 Å². The van der Waals surface area contributed by atoms with Crippen LogP contribution in [0.15, 0.2) is 0 Å². The smallest absolute Gasteiger partial charge is 0.0149 e.